The van der Waals surface area contributed by atoms with Gasteiger partial charge in [0.2, 0.25) is 0 Å². The Kier molecular flexibility index (Phi) is 3.73. The average Bonchev–Trinajstić information content (AvgIpc) is 2.31. The predicted octanol–water partition coefficient (Wildman–Crippen LogP) is 2.84. The van der Waals surface area contributed by atoms with E-state index in [9.17, 15) is 4.39 Å². The zero-order valence-electron chi connectivity index (χ0n) is 9.01. The van der Waals surface area contributed by atoms with E-state index < -0.39 is 0 Å². The third kappa shape index (κ3) is 3.03. The lowest BCUT2D eigenvalue weighted by atomic mass is 9.97. The second-order valence-electron chi connectivity index (χ2n) is 4.30. The molecule has 0 radical (unpaired) electrons. The SMILES string of the molecule is FCc1ccc(CC2CCCCN2)cc1. The summed E-state index contributed by atoms with van der Waals surface area (Å²) in [5.74, 6) is 0. The van der Waals surface area contributed by atoms with Crippen LogP contribution in [0.15, 0.2) is 24.3 Å². The molecule has 15 heavy (non-hydrogen) atoms. The molecule has 1 saturated heterocycles. The molecule has 1 N–H and O–H groups in total. The summed E-state index contributed by atoms with van der Waals surface area (Å²) >= 11 is 0. The Labute approximate surface area is 90.7 Å². The second-order valence-corrected chi connectivity index (χ2v) is 4.30. The van der Waals surface area contributed by atoms with Crippen molar-refractivity contribution in [3.05, 3.63) is 35.4 Å². The van der Waals surface area contributed by atoms with E-state index in [1.807, 2.05) is 24.3 Å². The van der Waals surface area contributed by atoms with Gasteiger partial charge in [-0.25, -0.2) is 4.39 Å². The first-order valence-electron chi connectivity index (χ1n) is 5.75. The third-order valence-corrected chi connectivity index (χ3v) is 3.07. The van der Waals surface area contributed by atoms with Crippen LogP contribution in [-0.2, 0) is 13.1 Å². The summed E-state index contributed by atoms with van der Waals surface area (Å²) in [6.07, 6.45) is 4.98. The molecule has 0 bridgehead atoms. The molecule has 82 valence electrons. The highest BCUT2D eigenvalue weighted by molar-refractivity contribution is 5.22. The number of rotatable bonds is 3. The number of halogens is 1. The molecular formula is C13H18FN. The monoisotopic (exact) mass is 207 g/mol. The predicted molar refractivity (Wildman–Crippen MR) is 60.6 cm³/mol. The van der Waals surface area contributed by atoms with Crippen LogP contribution in [0.5, 0.6) is 0 Å². The first kappa shape index (κ1) is 10.6. The van der Waals surface area contributed by atoms with Gasteiger partial charge in [-0.15, -0.1) is 0 Å². The lowest BCUT2D eigenvalue weighted by Crippen LogP contribution is -2.35. The molecule has 1 aliphatic heterocycles. The first-order valence-corrected chi connectivity index (χ1v) is 5.75. The van der Waals surface area contributed by atoms with Crippen LogP contribution in [0.2, 0.25) is 0 Å². The minimum atomic E-state index is -0.359. The second kappa shape index (κ2) is 5.26. The molecular weight excluding hydrogens is 189 g/mol. The van der Waals surface area contributed by atoms with Crippen molar-refractivity contribution in [3.63, 3.8) is 0 Å². The number of benzene rings is 1. The zero-order valence-corrected chi connectivity index (χ0v) is 9.01. The maximum Gasteiger partial charge on any atom is 0.115 e. The van der Waals surface area contributed by atoms with Crippen molar-refractivity contribution in [3.8, 4) is 0 Å². The fraction of sp³-hybridized carbons (Fsp3) is 0.538. The van der Waals surface area contributed by atoms with Gasteiger partial charge in [-0.05, 0) is 36.9 Å². The number of hydrogen-bond acceptors (Lipinski definition) is 1. The molecule has 1 unspecified atom stereocenters. The van der Waals surface area contributed by atoms with Gasteiger partial charge >= 0.3 is 0 Å². The van der Waals surface area contributed by atoms with Gasteiger partial charge < -0.3 is 5.32 Å². The molecule has 1 aromatic rings. The van der Waals surface area contributed by atoms with Crippen LogP contribution in [-0.4, -0.2) is 12.6 Å². The fourth-order valence-electron chi connectivity index (χ4n) is 2.15. The highest BCUT2D eigenvalue weighted by Crippen LogP contribution is 2.13. The van der Waals surface area contributed by atoms with Crippen molar-refractivity contribution in [2.75, 3.05) is 6.54 Å². The van der Waals surface area contributed by atoms with Gasteiger partial charge in [0.1, 0.15) is 6.67 Å². The number of alkyl halides is 1. The van der Waals surface area contributed by atoms with Gasteiger partial charge in [-0.2, -0.15) is 0 Å². The Morgan fingerprint density at radius 3 is 2.47 bits per heavy atom. The lowest BCUT2D eigenvalue weighted by molar-refractivity contribution is 0.399. The quantitative estimate of drug-likeness (QED) is 0.803. The molecule has 1 heterocycles. The maximum absolute atomic E-state index is 12.3. The summed E-state index contributed by atoms with van der Waals surface area (Å²) in [7, 11) is 0. The van der Waals surface area contributed by atoms with E-state index in [0.717, 1.165) is 18.5 Å². The van der Waals surface area contributed by atoms with E-state index in [-0.39, 0.29) is 6.67 Å². The van der Waals surface area contributed by atoms with Crippen LogP contribution in [0, 0.1) is 0 Å². The van der Waals surface area contributed by atoms with Crippen molar-refractivity contribution < 1.29 is 4.39 Å². The minimum absolute atomic E-state index is 0.359. The van der Waals surface area contributed by atoms with Crippen LogP contribution < -0.4 is 5.32 Å². The summed E-state index contributed by atoms with van der Waals surface area (Å²) < 4.78 is 12.3. The average molecular weight is 207 g/mol. The summed E-state index contributed by atoms with van der Waals surface area (Å²) in [4.78, 5) is 0. The molecule has 0 amide bonds. The highest BCUT2D eigenvalue weighted by atomic mass is 19.1. The standard InChI is InChI=1S/C13H18FN/c14-10-12-6-4-11(5-7-12)9-13-3-1-2-8-15-13/h4-7,13,15H,1-3,8-10H2. The van der Waals surface area contributed by atoms with Crippen molar-refractivity contribution in [1.29, 1.82) is 0 Å². The smallest absolute Gasteiger partial charge is 0.115 e. The largest absolute Gasteiger partial charge is 0.314 e. The summed E-state index contributed by atoms with van der Waals surface area (Å²) in [5, 5.41) is 3.52. The molecule has 1 atom stereocenters. The summed E-state index contributed by atoms with van der Waals surface area (Å²) in [6.45, 7) is 0.787. The Hall–Kier alpha value is -0.890. The van der Waals surface area contributed by atoms with Crippen LogP contribution in [0.25, 0.3) is 0 Å². The van der Waals surface area contributed by atoms with E-state index >= 15 is 0 Å². The van der Waals surface area contributed by atoms with Crippen molar-refractivity contribution >= 4 is 0 Å². The Morgan fingerprint density at radius 1 is 1.13 bits per heavy atom. The summed E-state index contributed by atoms with van der Waals surface area (Å²) in [6, 6.07) is 8.49. The van der Waals surface area contributed by atoms with Gasteiger partial charge in [0.15, 0.2) is 0 Å². The van der Waals surface area contributed by atoms with Crippen LogP contribution >= 0.6 is 0 Å². The Balaban J connectivity index is 1.91. The van der Waals surface area contributed by atoms with E-state index in [4.69, 9.17) is 0 Å². The molecule has 2 heteroatoms. The van der Waals surface area contributed by atoms with E-state index in [1.54, 1.807) is 0 Å². The van der Waals surface area contributed by atoms with Crippen LogP contribution in [0.4, 0.5) is 4.39 Å². The Morgan fingerprint density at radius 2 is 1.87 bits per heavy atom. The van der Waals surface area contributed by atoms with E-state index in [2.05, 4.69) is 5.32 Å². The number of hydrogen-bond donors (Lipinski definition) is 1. The molecule has 0 saturated carbocycles. The van der Waals surface area contributed by atoms with Gasteiger partial charge in [-0.1, -0.05) is 30.7 Å². The van der Waals surface area contributed by atoms with E-state index in [0.29, 0.717) is 6.04 Å². The van der Waals surface area contributed by atoms with Crippen LogP contribution in [0.3, 0.4) is 0 Å². The molecule has 0 spiro atoms. The third-order valence-electron chi connectivity index (χ3n) is 3.07. The van der Waals surface area contributed by atoms with Gasteiger partial charge in [0, 0.05) is 6.04 Å². The van der Waals surface area contributed by atoms with E-state index in [1.165, 1.54) is 24.8 Å². The van der Waals surface area contributed by atoms with Gasteiger partial charge in [0.25, 0.3) is 0 Å². The molecule has 1 aromatic carbocycles. The molecule has 0 aromatic heterocycles. The molecule has 1 nitrogen and oxygen atoms in total. The first-order chi connectivity index (χ1) is 7.38. The van der Waals surface area contributed by atoms with Gasteiger partial charge in [-0.3, -0.25) is 0 Å². The van der Waals surface area contributed by atoms with Crippen molar-refractivity contribution in [1.82, 2.24) is 5.32 Å². The zero-order chi connectivity index (χ0) is 10.5. The van der Waals surface area contributed by atoms with Crippen LogP contribution in [0.1, 0.15) is 30.4 Å². The fourth-order valence-corrected chi connectivity index (χ4v) is 2.15. The molecule has 2 rings (SSSR count). The number of nitrogens with one attached hydrogen (secondary N) is 1. The highest BCUT2D eigenvalue weighted by Gasteiger charge is 2.12. The van der Waals surface area contributed by atoms with Crippen molar-refractivity contribution in [2.24, 2.45) is 0 Å². The minimum Gasteiger partial charge on any atom is -0.314 e. The van der Waals surface area contributed by atoms with Crippen molar-refractivity contribution in [2.45, 2.75) is 38.4 Å². The molecule has 1 aliphatic rings. The number of piperidine rings is 1. The topological polar surface area (TPSA) is 12.0 Å². The molecule has 1 fully saturated rings. The summed E-state index contributed by atoms with van der Waals surface area (Å²) in [5.41, 5.74) is 2.09. The Bertz CT molecular complexity index is 288. The molecule has 0 aliphatic carbocycles. The normalized spacial score (nSPS) is 21.5. The van der Waals surface area contributed by atoms with Gasteiger partial charge in [0.05, 0.1) is 0 Å². The lowest BCUT2D eigenvalue weighted by Gasteiger charge is -2.23. The maximum atomic E-state index is 12.3.